The molecular weight excluding hydrogens is 478 g/mol. The van der Waals surface area contributed by atoms with Gasteiger partial charge in [0.25, 0.3) is 0 Å². The molecule has 0 spiro atoms. The first kappa shape index (κ1) is 25.3. The van der Waals surface area contributed by atoms with Crippen LogP contribution in [0.25, 0.3) is 0 Å². The van der Waals surface area contributed by atoms with Crippen molar-refractivity contribution in [1.29, 1.82) is 0 Å². The average Bonchev–Trinajstić information content (AvgIpc) is 3.23. The van der Waals surface area contributed by atoms with Crippen LogP contribution in [0.1, 0.15) is 19.4 Å². The predicted molar refractivity (Wildman–Crippen MR) is 124 cm³/mol. The van der Waals surface area contributed by atoms with Gasteiger partial charge in [-0.2, -0.15) is 0 Å². The molecule has 0 saturated carbocycles. The Hall–Kier alpha value is -3.77. The van der Waals surface area contributed by atoms with E-state index in [1.807, 2.05) is 13.8 Å². The van der Waals surface area contributed by atoms with Crippen molar-refractivity contribution in [3.05, 3.63) is 54.0 Å². The number of anilines is 2. The Bertz CT molecular complexity index is 1150. The first-order chi connectivity index (χ1) is 17.3. The highest BCUT2D eigenvalue weighted by atomic mass is 19.1. The van der Waals surface area contributed by atoms with E-state index in [0.717, 1.165) is 6.07 Å². The maximum Gasteiger partial charge on any atom is 0.227 e. The van der Waals surface area contributed by atoms with E-state index < -0.39 is 24.0 Å². The molecule has 2 aromatic heterocycles. The summed E-state index contributed by atoms with van der Waals surface area (Å²) in [4.78, 5) is 12.5. The largest absolute Gasteiger partial charge is 0.494 e. The van der Waals surface area contributed by atoms with Crippen LogP contribution in [0.5, 0.6) is 23.1 Å². The fourth-order valence-electron chi connectivity index (χ4n) is 3.37. The van der Waals surface area contributed by atoms with Crippen molar-refractivity contribution >= 4 is 11.6 Å². The van der Waals surface area contributed by atoms with Gasteiger partial charge in [-0.1, -0.05) is 0 Å². The van der Waals surface area contributed by atoms with Crippen LogP contribution in [-0.4, -0.2) is 54.3 Å². The van der Waals surface area contributed by atoms with Crippen molar-refractivity contribution in [3.63, 3.8) is 0 Å². The number of aromatic nitrogens is 3. The van der Waals surface area contributed by atoms with Gasteiger partial charge < -0.3 is 33.7 Å². The highest BCUT2D eigenvalue weighted by Gasteiger charge is 2.33. The summed E-state index contributed by atoms with van der Waals surface area (Å²) in [5.41, 5.74) is 0.294. The van der Waals surface area contributed by atoms with E-state index in [4.69, 9.17) is 28.4 Å². The number of hydrogen-bond donors (Lipinski definition) is 1. The third-order valence-corrected chi connectivity index (χ3v) is 5.15. The molecule has 1 aromatic carbocycles. The summed E-state index contributed by atoms with van der Waals surface area (Å²) < 4.78 is 61.1. The number of nitrogens with zero attached hydrogens (tertiary/aromatic N) is 3. The molecule has 192 valence electrons. The molecular formula is C24H26F2N4O6. The lowest BCUT2D eigenvalue weighted by molar-refractivity contribution is -0.141. The minimum absolute atomic E-state index is 0.155. The molecule has 1 N–H and O–H groups in total. The van der Waals surface area contributed by atoms with Crippen LogP contribution in [0.3, 0.4) is 0 Å². The number of methoxy groups -OCH3 is 2. The maximum absolute atomic E-state index is 14.5. The molecule has 10 nitrogen and oxygen atoms in total. The molecule has 1 fully saturated rings. The first-order valence-electron chi connectivity index (χ1n) is 11.0. The topological polar surface area (TPSA) is 106 Å². The van der Waals surface area contributed by atoms with E-state index in [-0.39, 0.29) is 34.9 Å². The molecule has 1 saturated heterocycles. The van der Waals surface area contributed by atoms with Crippen molar-refractivity contribution in [2.24, 2.45) is 0 Å². The van der Waals surface area contributed by atoms with Crippen LogP contribution in [0, 0.1) is 11.6 Å². The van der Waals surface area contributed by atoms with Gasteiger partial charge in [-0.05, 0) is 19.9 Å². The molecule has 12 heteroatoms. The van der Waals surface area contributed by atoms with Crippen molar-refractivity contribution in [2.75, 3.05) is 32.8 Å². The summed E-state index contributed by atoms with van der Waals surface area (Å²) in [7, 11) is 2.55. The molecule has 1 aliphatic rings. The maximum atomic E-state index is 14.5. The van der Waals surface area contributed by atoms with E-state index in [9.17, 15) is 8.78 Å². The summed E-state index contributed by atoms with van der Waals surface area (Å²) in [5, 5.41) is 2.99. The highest BCUT2D eigenvalue weighted by Crippen LogP contribution is 2.32. The minimum Gasteiger partial charge on any atom is -0.494 e. The van der Waals surface area contributed by atoms with Crippen LogP contribution in [-0.2, 0) is 16.1 Å². The Balaban J connectivity index is 1.31. The quantitative estimate of drug-likeness (QED) is 0.435. The fraction of sp³-hybridized carbons (Fsp3) is 0.375. The Morgan fingerprint density at radius 1 is 1.00 bits per heavy atom. The molecule has 4 rings (SSSR count). The van der Waals surface area contributed by atoms with Gasteiger partial charge in [-0.25, -0.2) is 23.7 Å². The summed E-state index contributed by atoms with van der Waals surface area (Å²) in [6.45, 7) is 4.07. The van der Waals surface area contributed by atoms with Gasteiger partial charge in [0.05, 0.1) is 50.7 Å². The van der Waals surface area contributed by atoms with E-state index >= 15 is 0 Å². The molecule has 3 heterocycles. The number of halogens is 2. The molecule has 0 unspecified atom stereocenters. The molecule has 36 heavy (non-hydrogen) atoms. The lowest BCUT2D eigenvalue weighted by Crippen LogP contribution is -2.25. The zero-order chi connectivity index (χ0) is 25.7. The number of rotatable bonds is 10. The number of ether oxygens (including phenoxy) is 6. The Morgan fingerprint density at radius 3 is 2.25 bits per heavy atom. The third-order valence-electron chi connectivity index (χ3n) is 5.15. The Labute approximate surface area is 206 Å². The minimum atomic E-state index is -0.872. The van der Waals surface area contributed by atoms with E-state index in [2.05, 4.69) is 20.3 Å². The number of hydrogen-bond acceptors (Lipinski definition) is 10. The monoisotopic (exact) mass is 504 g/mol. The Kier molecular flexibility index (Phi) is 7.65. The van der Waals surface area contributed by atoms with E-state index in [1.54, 1.807) is 18.3 Å². The van der Waals surface area contributed by atoms with Gasteiger partial charge in [-0.3, -0.25) is 0 Å². The van der Waals surface area contributed by atoms with Crippen LogP contribution < -0.4 is 24.3 Å². The van der Waals surface area contributed by atoms with Crippen LogP contribution in [0.4, 0.5) is 20.4 Å². The second-order valence-electron chi connectivity index (χ2n) is 8.19. The van der Waals surface area contributed by atoms with E-state index in [1.165, 1.54) is 26.6 Å². The summed E-state index contributed by atoms with van der Waals surface area (Å²) in [5.74, 6) is -1.74. The second-order valence-corrected chi connectivity index (χ2v) is 8.19. The van der Waals surface area contributed by atoms with Gasteiger partial charge >= 0.3 is 0 Å². The first-order valence-corrected chi connectivity index (χ1v) is 11.0. The third kappa shape index (κ3) is 6.07. The zero-order valence-corrected chi connectivity index (χ0v) is 20.2. The van der Waals surface area contributed by atoms with Crippen LogP contribution in [0.15, 0.2) is 36.8 Å². The molecule has 0 amide bonds. The number of benzene rings is 1. The number of nitrogens with one attached hydrogen (secondary N) is 1. The van der Waals surface area contributed by atoms with Gasteiger partial charge in [0.15, 0.2) is 34.7 Å². The average molecular weight is 504 g/mol. The van der Waals surface area contributed by atoms with Crippen molar-refractivity contribution in [3.8, 4) is 23.1 Å². The highest BCUT2D eigenvalue weighted by molar-refractivity contribution is 5.52. The zero-order valence-electron chi connectivity index (χ0n) is 20.2. The lowest BCUT2D eigenvalue weighted by atomic mass is 10.1. The van der Waals surface area contributed by atoms with Crippen LogP contribution in [0.2, 0.25) is 0 Å². The molecule has 0 bridgehead atoms. The second kappa shape index (κ2) is 10.9. The standard InChI is InChI=1S/C24H26F2N4O6/c1-24(2)35-12-16(36-24)11-34-20-6-5-14(8-27-20)30-23-28-9-15(10-29-23)33-13-17-21(25)18(31-3)7-19(32-4)22(17)26/h5-10,16H,11-13H2,1-4H3,(H,28,29,30)/t16-/m0/s1. The van der Waals surface area contributed by atoms with Crippen molar-refractivity contribution < 1.29 is 37.2 Å². The Morgan fingerprint density at radius 2 is 1.69 bits per heavy atom. The van der Waals surface area contributed by atoms with Gasteiger partial charge in [0, 0.05) is 12.1 Å². The van der Waals surface area contributed by atoms with Crippen LogP contribution >= 0.6 is 0 Å². The SMILES string of the molecule is COc1cc(OC)c(F)c(COc2cnc(Nc3ccc(OC[C@H]4COC(C)(C)O4)nc3)nc2)c1F. The van der Waals surface area contributed by atoms with Gasteiger partial charge in [0.2, 0.25) is 11.8 Å². The normalized spacial score (nSPS) is 16.4. The molecule has 0 radical (unpaired) electrons. The molecule has 0 aliphatic carbocycles. The van der Waals surface area contributed by atoms with Gasteiger partial charge in [0.1, 0.15) is 19.3 Å². The summed E-state index contributed by atoms with van der Waals surface area (Å²) in [6, 6.07) is 4.59. The molecule has 1 atom stereocenters. The van der Waals surface area contributed by atoms with E-state index in [0.29, 0.717) is 24.8 Å². The van der Waals surface area contributed by atoms with Crippen molar-refractivity contribution in [2.45, 2.75) is 32.3 Å². The van der Waals surface area contributed by atoms with Crippen molar-refractivity contribution in [1.82, 2.24) is 15.0 Å². The van der Waals surface area contributed by atoms with Gasteiger partial charge in [-0.15, -0.1) is 0 Å². The number of pyridine rings is 1. The fourth-order valence-corrected chi connectivity index (χ4v) is 3.37. The summed E-state index contributed by atoms with van der Waals surface area (Å²) >= 11 is 0. The summed E-state index contributed by atoms with van der Waals surface area (Å²) in [6.07, 6.45) is 4.16. The molecule has 1 aliphatic heterocycles. The molecule has 3 aromatic rings. The smallest absolute Gasteiger partial charge is 0.227 e. The predicted octanol–water partition coefficient (Wildman–Crippen LogP) is 4.02. The lowest BCUT2D eigenvalue weighted by Gasteiger charge is -2.17.